The van der Waals surface area contributed by atoms with Gasteiger partial charge in [0.25, 0.3) is 0 Å². The van der Waals surface area contributed by atoms with Gasteiger partial charge in [-0.1, -0.05) is 32.1 Å². The van der Waals surface area contributed by atoms with E-state index in [1.54, 1.807) is 0 Å². The Labute approximate surface area is 117 Å². The molecule has 3 rings (SSSR count). The largest absolute Gasteiger partial charge is 0.390 e. The first-order valence-electron chi connectivity index (χ1n) is 8.18. The third-order valence-electron chi connectivity index (χ3n) is 5.75. The summed E-state index contributed by atoms with van der Waals surface area (Å²) < 4.78 is 5.64. The van der Waals surface area contributed by atoms with Crippen molar-refractivity contribution in [3.8, 4) is 0 Å². The zero-order valence-electron chi connectivity index (χ0n) is 12.3. The Morgan fingerprint density at radius 3 is 2.37 bits per heavy atom. The molecule has 19 heavy (non-hydrogen) atoms. The normalized spacial score (nSPS) is 41.4. The fourth-order valence-corrected chi connectivity index (χ4v) is 4.39. The average Bonchev–Trinajstić information content (AvgIpc) is 2.40. The molecule has 2 aliphatic heterocycles. The van der Waals surface area contributed by atoms with Crippen LogP contribution in [0.3, 0.4) is 0 Å². The quantitative estimate of drug-likeness (QED) is 0.853. The van der Waals surface area contributed by atoms with Gasteiger partial charge in [0.15, 0.2) is 0 Å². The van der Waals surface area contributed by atoms with E-state index in [0.717, 1.165) is 38.4 Å². The summed E-state index contributed by atoms with van der Waals surface area (Å²) in [7, 11) is 2.19. The zero-order chi connectivity index (χ0) is 13.3. The number of piperidine rings is 1. The molecule has 0 aromatic carbocycles. The van der Waals surface area contributed by atoms with Crippen LogP contribution in [-0.4, -0.2) is 48.0 Å². The number of morpholine rings is 1. The van der Waals surface area contributed by atoms with Crippen molar-refractivity contribution in [3.63, 3.8) is 0 Å². The molecule has 2 heterocycles. The number of hydrogen-bond acceptors (Lipinski definition) is 3. The van der Waals surface area contributed by atoms with Gasteiger partial charge < -0.3 is 9.84 Å². The summed E-state index contributed by atoms with van der Waals surface area (Å²) in [6.45, 7) is 1.61. The van der Waals surface area contributed by atoms with Crippen LogP contribution in [-0.2, 0) is 4.74 Å². The minimum Gasteiger partial charge on any atom is -0.390 e. The van der Waals surface area contributed by atoms with Crippen molar-refractivity contribution in [2.75, 3.05) is 20.3 Å². The van der Waals surface area contributed by atoms with E-state index < -0.39 is 5.60 Å². The summed E-state index contributed by atoms with van der Waals surface area (Å²) in [6, 6.07) is 0.868. The maximum absolute atomic E-state index is 10.9. The van der Waals surface area contributed by atoms with Gasteiger partial charge in [-0.25, -0.2) is 0 Å². The van der Waals surface area contributed by atoms with Crippen molar-refractivity contribution >= 4 is 0 Å². The van der Waals surface area contributed by atoms with E-state index in [-0.39, 0.29) is 0 Å². The molecule has 3 fully saturated rings. The SMILES string of the molecule is CN1C2COCC1CC(O)(CCC1CCCCC1)C2. The summed E-state index contributed by atoms with van der Waals surface area (Å²) in [5.41, 5.74) is -0.414. The molecule has 0 spiro atoms. The number of nitrogens with zero attached hydrogens (tertiary/aromatic N) is 1. The number of ether oxygens (including phenoxy) is 1. The van der Waals surface area contributed by atoms with Gasteiger partial charge in [-0.2, -0.15) is 0 Å². The van der Waals surface area contributed by atoms with E-state index >= 15 is 0 Å². The van der Waals surface area contributed by atoms with E-state index in [0.29, 0.717) is 12.1 Å². The highest BCUT2D eigenvalue weighted by Gasteiger charge is 2.44. The van der Waals surface area contributed by atoms with Gasteiger partial charge in [0.2, 0.25) is 0 Å². The van der Waals surface area contributed by atoms with Crippen LogP contribution in [0.1, 0.15) is 57.8 Å². The van der Waals surface area contributed by atoms with Gasteiger partial charge in [0, 0.05) is 12.1 Å². The summed E-state index contributed by atoms with van der Waals surface area (Å²) in [6.07, 6.45) is 11.1. The van der Waals surface area contributed by atoms with Crippen molar-refractivity contribution in [3.05, 3.63) is 0 Å². The molecular formula is C16H29NO2. The Balaban J connectivity index is 1.54. The Kier molecular flexibility index (Phi) is 4.16. The zero-order valence-corrected chi connectivity index (χ0v) is 12.3. The first-order valence-corrected chi connectivity index (χ1v) is 8.18. The number of fused-ring (bicyclic) bond motifs is 2. The molecule has 2 bridgehead atoms. The van der Waals surface area contributed by atoms with E-state index in [9.17, 15) is 5.11 Å². The number of hydrogen-bond donors (Lipinski definition) is 1. The van der Waals surface area contributed by atoms with Crippen LogP contribution in [0.5, 0.6) is 0 Å². The van der Waals surface area contributed by atoms with Gasteiger partial charge >= 0.3 is 0 Å². The van der Waals surface area contributed by atoms with Gasteiger partial charge in [0.1, 0.15) is 0 Å². The predicted octanol–water partition coefficient (Wildman–Crippen LogP) is 2.57. The van der Waals surface area contributed by atoms with E-state index in [1.807, 2.05) is 0 Å². The summed E-state index contributed by atoms with van der Waals surface area (Å²) in [5, 5.41) is 10.9. The molecule has 2 saturated heterocycles. The molecule has 1 N–H and O–H groups in total. The van der Waals surface area contributed by atoms with Crippen molar-refractivity contribution in [2.45, 2.75) is 75.5 Å². The fraction of sp³-hybridized carbons (Fsp3) is 1.00. The lowest BCUT2D eigenvalue weighted by Gasteiger charge is -2.50. The van der Waals surface area contributed by atoms with Crippen LogP contribution >= 0.6 is 0 Å². The number of likely N-dealkylation sites (N-methyl/N-ethyl adjacent to an activating group) is 1. The third-order valence-corrected chi connectivity index (χ3v) is 5.75. The molecular weight excluding hydrogens is 238 g/mol. The molecule has 0 radical (unpaired) electrons. The number of rotatable bonds is 3. The molecule has 0 amide bonds. The minimum absolute atomic E-state index is 0.414. The lowest BCUT2D eigenvalue weighted by molar-refractivity contribution is -0.138. The molecule has 1 saturated carbocycles. The highest BCUT2D eigenvalue weighted by Crippen LogP contribution is 2.38. The van der Waals surface area contributed by atoms with Gasteiger partial charge in [0.05, 0.1) is 18.8 Å². The Hall–Kier alpha value is -0.120. The lowest BCUT2D eigenvalue weighted by atomic mass is 9.76. The second-order valence-electron chi connectivity index (χ2n) is 7.19. The second-order valence-corrected chi connectivity index (χ2v) is 7.19. The standard InChI is InChI=1S/C16H29NO2/c1-17-14-9-16(18,10-15(17)12-19-11-14)8-7-13-5-3-2-4-6-13/h13-15,18H,2-12H2,1H3. The van der Waals surface area contributed by atoms with Crippen molar-refractivity contribution in [1.29, 1.82) is 0 Å². The number of aliphatic hydroxyl groups is 1. The van der Waals surface area contributed by atoms with Gasteiger partial charge in [-0.15, -0.1) is 0 Å². The first kappa shape index (κ1) is 13.8. The van der Waals surface area contributed by atoms with E-state index in [1.165, 1.54) is 38.5 Å². The Morgan fingerprint density at radius 2 is 1.74 bits per heavy atom. The lowest BCUT2D eigenvalue weighted by Crippen LogP contribution is -2.60. The van der Waals surface area contributed by atoms with E-state index in [2.05, 4.69) is 11.9 Å². The van der Waals surface area contributed by atoms with Crippen LogP contribution in [0.4, 0.5) is 0 Å². The highest BCUT2D eigenvalue weighted by molar-refractivity contribution is 4.98. The first-order chi connectivity index (χ1) is 9.16. The molecule has 2 atom stereocenters. The highest BCUT2D eigenvalue weighted by atomic mass is 16.5. The smallest absolute Gasteiger partial charge is 0.0679 e. The van der Waals surface area contributed by atoms with Crippen molar-refractivity contribution in [2.24, 2.45) is 5.92 Å². The molecule has 3 aliphatic rings. The molecule has 0 aromatic heterocycles. The maximum Gasteiger partial charge on any atom is 0.0679 e. The van der Waals surface area contributed by atoms with Crippen molar-refractivity contribution in [1.82, 2.24) is 4.90 Å². The second kappa shape index (κ2) is 5.71. The van der Waals surface area contributed by atoms with Crippen LogP contribution < -0.4 is 0 Å². The van der Waals surface area contributed by atoms with Crippen LogP contribution in [0.15, 0.2) is 0 Å². The van der Waals surface area contributed by atoms with Crippen LogP contribution in [0.25, 0.3) is 0 Å². The molecule has 0 aromatic rings. The van der Waals surface area contributed by atoms with Crippen LogP contribution in [0.2, 0.25) is 0 Å². The Bertz CT molecular complexity index is 287. The monoisotopic (exact) mass is 267 g/mol. The summed E-state index contributed by atoms with van der Waals surface area (Å²) in [4.78, 5) is 2.43. The van der Waals surface area contributed by atoms with E-state index in [4.69, 9.17) is 4.74 Å². The van der Waals surface area contributed by atoms with Crippen molar-refractivity contribution < 1.29 is 9.84 Å². The molecule has 110 valence electrons. The summed E-state index contributed by atoms with van der Waals surface area (Å²) >= 11 is 0. The van der Waals surface area contributed by atoms with Gasteiger partial charge in [-0.3, -0.25) is 4.90 Å². The third kappa shape index (κ3) is 3.14. The fourth-order valence-electron chi connectivity index (χ4n) is 4.39. The minimum atomic E-state index is -0.414. The molecule has 1 aliphatic carbocycles. The molecule has 3 heteroatoms. The maximum atomic E-state index is 10.9. The average molecular weight is 267 g/mol. The topological polar surface area (TPSA) is 32.7 Å². The molecule has 2 unspecified atom stereocenters. The molecule has 3 nitrogen and oxygen atoms in total. The van der Waals surface area contributed by atoms with Crippen LogP contribution in [0, 0.1) is 5.92 Å². The summed E-state index contributed by atoms with van der Waals surface area (Å²) in [5.74, 6) is 0.883. The van der Waals surface area contributed by atoms with Gasteiger partial charge in [-0.05, 0) is 38.6 Å². The Morgan fingerprint density at radius 1 is 1.11 bits per heavy atom. The predicted molar refractivity (Wildman–Crippen MR) is 76.2 cm³/mol.